The Bertz CT molecular complexity index is 1550. The van der Waals surface area contributed by atoms with Crippen LogP contribution in [-0.4, -0.2) is 89.2 Å². The first-order valence-corrected chi connectivity index (χ1v) is 28.9. The van der Waals surface area contributed by atoms with Crippen LogP contribution in [0.15, 0.2) is 72.9 Å². The molecule has 0 aliphatic carbocycles. The van der Waals surface area contributed by atoms with E-state index in [0.717, 1.165) is 89.9 Å². The first-order chi connectivity index (χ1) is 35.6. The summed E-state index contributed by atoms with van der Waals surface area (Å²) < 4.78 is 28.3. The van der Waals surface area contributed by atoms with E-state index in [4.69, 9.17) is 23.7 Å². The lowest BCUT2D eigenvalue weighted by Crippen LogP contribution is -2.61. The van der Waals surface area contributed by atoms with Crippen LogP contribution in [-0.2, 0) is 42.9 Å². The maximum atomic E-state index is 13.1. The lowest BCUT2D eigenvalue weighted by molar-refractivity contribution is -0.301. The van der Waals surface area contributed by atoms with Gasteiger partial charge in [0.25, 0.3) is 0 Å². The van der Waals surface area contributed by atoms with Crippen LogP contribution in [0, 0.1) is 0 Å². The molecule has 1 aliphatic heterocycles. The van der Waals surface area contributed by atoms with Gasteiger partial charge in [-0.1, -0.05) is 222 Å². The summed E-state index contributed by atoms with van der Waals surface area (Å²) in [6.07, 6.45) is 49.0. The van der Waals surface area contributed by atoms with Crippen LogP contribution >= 0.6 is 0 Å². The van der Waals surface area contributed by atoms with Crippen molar-refractivity contribution in [3.05, 3.63) is 72.9 Å². The summed E-state index contributed by atoms with van der Waals surface area (Å²) in [7, 11) is 0. The molecule has 0 amide bonds. The van der Waals surface area contributed by atoms with E-state index in [-0.39, 0.29) is 25.9 Å². The first-order valence-electron chi connectivity index (χ1n) is 28.9. The van der Waals surface area contributed by atoms with Gasteiger partial charge in [-0.2, -0.15) is 0 Å². The molecule has 1 fully saturated rings. The molecule has 0 saturated carbocycles. The smallest absolute Gasteiger partial charge is 0.335 e. The number of rotatable bonds is 48. The molecule has 6 atom stereocenters. The molecule has 1 heterocycles. The maximum Gasteiger partial charge on any atom is 0.335 e. The molecule has 0 spiro atoms. The van der Waals surface area contributed by atoms with Gasteiger partial charge in [0, 0.05) is 19.3 Å². The van der Waals surface area contributed by atoms with Gasteiger partial charge in [0.1, 0.15) is 18.8 Å². The second kappa shape index (κ2) is 49.1. The van der Waals surface area contributed by atoms with Gasteiger partial charge in [-0.05, 0) is 70.6 Å². The fourth-order valence-electron chi connectivity index (χ4n) is 8.36. The average molecular weight is 1030 g/mol. The summed E-state index contributed by atoms with van der Waals surface area (Å²) in [5.74, 6) is -3.24. The predicted molar refractivity (Wildman–Crippen MR) is 294 cm³/mol. The molecule has 1 saturated heterocycles. The van der Waals surface area contributed by atoms with Crippen LogP contribution in [0.5, 0.6) is 0 Å². The maximum absolute atomic E-state index is 13.1. The number of hydrogen-bond donors (Lipinski definition) is 3. The van der Waals surface area contributed by atoms with Crippen molar-refractivity contribution in [2.75, 3.05) is 13.2 Å². The average Bonchev–Trinajstić information content (AvgIpc) is 3.37. The van der Waals surface area contributed by atoms with Crippen molar-refractivity contribution in [3.63, 3.8) is 0 Å². The van der Waals surface area contributed by atoms with Crippen molar-refractivity contribution in [1.82, 2.24) is 0 Å². The molecule has 3 N–H and O–H groups in total. The van der Waals surface area contributed by atoms with Gasteiger partial charge in [0.05, 0.1) is 6.61 Å². The van der Waals surface area contributed by atoms with E-state index < -0.39 is 67.3 Å². The second-order valence-corrected chi connectivity index (χ2v) is 19.5. The molecule has 418 valence electrons. The van der Waals surface area contributed by atoms with Gasteiger partial charge >= 0.3 is 23.9 Å². The Morgan fingerprint density at radius 2 is 0.918 bits per heavy atom. The minimum Gasteiger partial charge on any atom is -0.479 e. The normalized spacial score (nSPS) is 18.8. The molecule has 12 nitrogen and oxygen atoms in total. The zero-order chi connectivity index (χ0) is 53.3. The summed E-state index contributed by atoms with van der Waals surface area (Å²) in [4.78, 5) is 51.0. The standard InChI is InChI=1S/C61H102O12/c1-4-7-10-13-16-19-22-25-26-27-28-31-32-35-38-41-44-47-53(62)69-50-52(71-54(63)48-45-42-39-36-33-29-23-20-17-14-11-8-5-2)51-70-61-59(57(66)56(65)58(73-61)60(67)68)72-55(64)49-46-43-40-37-34-30-24-21-18-15-12-9-6-3/h9,11-12,14,18,20-21,23,30,34,40,43,52,56-59,61,65-66H,4-8,10,13,15-17,19,22,24-29,31-33,35-39,41-42,44-51H2,1-3H3,(H,67,68)/b12-9-,14-11-,21-18-,23-20-,34-30-,43-40-. The molecule has 6 unspecified atom stereocenters. The second-order valence-electron chi connectivity index (χ2n) is 19.5. The van der Waals surface area contributed by atoms with Crippen molar-refractivity contribution in [3.8, 4) is 0 Å². The van der Waals surface area contributed by atoms with Crippen LogP contribution in [0.25, 0.3) is 0 Å². The Hall–Kier alpha value is -3.84. The summed E-state index contributed by atoms with van der Waals surface area (Å²) in [6, 6.07) is 0. The number of carboxylic acid groups (broad SMARTS) is 1. The Kier molecular flexibility index (Phi) is 45.1. The van der Waals surface area contributed by atoms with Crippen LogP contribution in [0.4, 0.5) is 0 Å². The minimum absolute atomic E-state index is 0.0632. The van der Waals surface area contributed by atoms with Crippen LogP contribution in [0.2, 0.25) is 0 Å². The fourth-order valence-corrected chi connectivity index (χ4v) is 8.36. The highest BCUT2D eigenvalue weighted by Gasteiger charge is 2.50. The Labute approximate surface area is 442 Å². The van der Waals surface area contributed by atoms with E-state index in [9.17, 15) is 34.5 Å². The van der Waals surface area contributed by atoms with Crippen molar-refractivity contribution in [2.45, 2.75) is 276 Å². The third kappa shape index (κ3) is 39.3. The van der Waals surface area contributed by atoms with Crippen molar-refractivity contribution >= 4 is 23.9 Å². The highest BCUT2D eigenvalue weighted by atomic mass is 16.7. The monoisotopic (exact) mass is 1030 g/mol. The molecule has 0 aromatic heterocycles. The quantitative estimate of drug-likeness (QED) is 0.0228. The number of unbranched alkanes of at least 4 members (excludes halogenated alkanes) is 22. The lowest BCUT2D eigenvalue weighted by Gasteiger charge is -2.40. The summed E-state index contributed by atoms with van der Waals surface area (Å²) in [6.45, 7) is 5.77. The Morgan fingerprint density at radius 3 is 1.42 bits per heavy atom. The van der Waals surface area contributed by atoms with Gasteiger partial charge in [0.2, 0.25) is 0 Å². The number of ether oxygens (including phenoxy) is 5. The number of hydrogen-bond acceptors (Lipinski definition) is 11. The molecule has 0 bridgehead atoms. The third-order valence-electron chi connectivity index (χ3n) is 12.8. The zero-order valence-corrected chi connectivity index (χ0v) is 45.9. The molecular formula is C61H102O12. The van der Waals surface area contributed by atoms with E-state index in [1.807, 2.05) is 18.2 Å². The molecule has 73 heavy (non-hydrogen) atoms. The number of aliphatic hydroxyl groups is 2. The van der Waals surface area contributed by atoms with Crippen LogP contribution in [0.1, 0.15) is 239 Å². The van der Waals surface area contributed by atoms with E-state index >= 15 is 0 Å². The largest absolute Gasteiger partial charge is 0.479 e. The highest BCUT2D eigenvalue weighted by molar-refractivity contribution is 5.74. The molecule has 12 heteroatoms. The number of aliphatic carboxylic acids is 1. The van der Waals surface area contributed by atoms with Crippen molar-refractivity contribution in [1.29, 1.82) is 0 Å². The van der Waals surface area contributed by atoms with Crippen molar-refractivity contribution in [2.24, 2.45) is 0 Å². The summed E-state index contributed by atoms with van der Waals surface area (Å²) >= 11 is 0. The predicted octanol–water partition coefficient (Wildman–Crippen LogP) is 14.6. The SMILES string of the molecule is CC/C=C\C/C=C\C/C=C\C/C=C\CCC(=O)OC1C(OCC(COC(=O)CCCCCCCCCCCCCCCCCCC)OC(=O)CCCCCCC/C=C\C/C=C\CCC)OC(C(=O)O)C(O)C1O. The molecule has 1 rings (SSSR count). The summed E-state index contributed by atoms with van der Waals surface area (Å²) in [5, 5.41) is 31.4. The van der Waals surface area contributed by atoms with E-state index in [1.54, 1.807) is 0 Å². The number of esters is 3. The van der Waals surface area contributed by atoms with Gasteiger partial charge in [-0.25, -0.2) is 4.79 Å². The van der Waals surface area contributed by atoms with Gasteiger partial charge < -0.3 is 39.0 Å². The fraction of sp³-hybridized carbons (Fsp3) is 0.738. The topological polar surface area (TPSA) is 175 Å². The third-order valence-corrected chi connectivity index (χ3v) is 12.8. The van der Waals surface area contributed by atoms with Gasteiger partial charge in [0.15, 0.2) is 24.6 Å². The first kappa shape index (κ1) is 67.2. The van der Waals surface area contributed by atoms with Crippen molar-refractivity contribution < 1.29 is 58.2 Å². The van der Waals surface area contributed by atoms with Crippen LogP contribution in [0.3, 0.4) is 0 Å². The molecule has 1 aliphatic rings. The lowest BCUT2D eigenvalue weighted by atomic mass is 9.98. The zero-order valence-electron chi connectivity index (χ0n) is 45.9. The van der Waals surface area contributed by atoms with Gasteiger partial charge in [-0.15, -0.1) is 0 Å². The van der Waals surface area contributed by atoms with Crippen LogP contribution < -0.4 is 0 Å². The Morgan fingerprint density at radius 1 is 0.466 bits per heavy atom. The highest BCUT2D eigenvalue weighted by Crippen LogP contribution is 2.26. The summed E-state index contributed by atoms with van der Waals surface area (Å²) in [5.41, 5.74) is 0. The van der Waals surface area contributed by atoms with Gasteiger partial charge in [-0.3, -0.25) is 14.4 Å². The number of carbonyl (C=O) groups excluding carboxylic acids is 3. The number of carboxylic acids is 1. The number of aliphatic hydroxyl groups excluding tert-OH is 2. The molecule has 0 radical (unpaired) electrons. The minimum atomic E-state index is -1.93. The molecule has 0 aromatic rings. The van der Waals surface area contributed by atoms with E-state index in [0.29, 0.717) is 25.7 Å². The molecular weight excluding hydrogens is 925 g/mol. The van der Waals surface area contributed by atoms with E-state index in [1.165, 1.54) is 83.5 Å². The number of carbonyl (C=O) groups is 4. The number of allylic oxidation sites excluding steroid dienone is 12. The molecule has 0 aromatic carbocycles. The van der Waals surface area contributed by atoms with E-state index in [2.05, 4.69) is 75.5 Å². The Balaban J connectivity index is 2.72.